The number of carbonyl (C=O) groups excluding carboxylic acids is 3. The SMILES string of the molecule is CCCCCCCCCC1=NC2(CCN(S(=O)(=O)CCc3ccc(N4C(=O)CCC4=O)cc3C(F)(F)F)CC2)C(=O)N1. The predicted molar refractivity (Wildman–Crippen MR) is 152 cm³/mol. The zero-order chi connectivity index (χ0) is 30.5. The highest BCUT2D eigenvalue weighted by molar-refractivity contribution is 7.89. The highest BCUT2D eigenvalue weighted by atomic mass is 32.2. The van der Waals surface area contributed by atoms with Gasteiger partial charge in [-0.05, 0) is 43.4 Å². The quantitative estimate of drug-likeness (QED) is 0.255. The Kier molecular flexibility index (Phi) is 10.1. The van der Waals surface area contributed by atoms with Crippen LogP contribution >= 0.6 is 0 Å². The summed E-state index contributed by atoms with van der Waals surface area (Å²) in [5.41, 5.74) is -2.49. The normalized spacial score (nSPS) is 19.6. The maximum Gasteiger partial charge on any atom is 0.416 e. The third kappa shape index (κ3) is 7.39. The van der Waals surface area contributed by atoms with Crippen LogP contribution in [-0.4, -0.2) is 60.7 Å². The van der Waals surface area contributed by atoms with Gasteiger partial charge in [0.05, 0.1) is 17.0 Å². The molecule has 3 aliphatic rings. The molecule has 2 saturated heterocycles. The second-order valence-electron chi connectivity index (χ2n) is 11.3. The number of alkyl halides is 3. The third-order valence-electron chi connectivity index (χ3n) is 8.33. The van der Waals surface area contributed by atoms with Gasteiger partial charge in [-0.15, -0.1) is 0 Å². The minimum Gasteiger partial charge on any atom is -0.312 e. The van der Waals surface area contributed by atoms with Gasteiger partial charge in [-0.3, -0.25) is 24.3 Å². The van der Waals surface area contributed by atoms with Crippen LogP contribution in [0, 0.1) is 0 Å². The first kappa shape index (κ1) is 32.1. The Hall–Kier alpha value is -2.80. The monoisotopic (exact) mass is 612 g/mol. The lowest BCUT2D eigenvalue weighted by Gasteiger charge is -2.34. The summed E-state index contributed by atoms with van der Waals surface area (Å²) in [4.78, 5) is 42.2. The molecule has 3 aliphatic heterocycles. The molecule has 1 N–H and O–H groups in total. The molecule has 0 unspecified atom stereocenters. The van der Waals surface area contributed by atoms with E-state index in [0.717, 1.165) is 36.3 Å². The van der Waals surface area contributed by atoms with E-state index in [4.69, 9.17) is 0 Å². The van der Waals surface area contributed by atoms with Crippen molar-refractivity contribution in [3.05, 3.63) is 29.3 Å². The van der Waals surface area contributed by atoms with Crippen LogP contribution in [0.4, 0.5) is 18.9 Å². The number of sulfonamides is 1. The fourth-order valence-corrected chi connectivity index (χ4v) is 7.32. The lowest BCUT2D eigenvalue weighted by Crippen LogP contribution is -2.50. The number of aryl methyl sites for hydroxylation is 1. The number of rotatable bonds is 13. The van der Waals surface area contributed by atoms with Crippen LogP contribution in [0.5, 0.6) is 0 Å². The summed E-state index contributed by atoms with van der Waals surface area (Å²) in [6.07, 6.45) is 3.75. The minimum atomic E-state index is -4.81. The molecule has 9 nitrogen and oxygen atoms in total. The number of imide groups is 1. The highest BCUT2D eigenvalue weighted by Gasteiger charge is 2.47. The maximum absolute atomic E-state index is 13.9. The molecule has 4 rings (SSSR count). The van der Waals surface area contributed by atoms with E-state index >= 15 is 0 Å². The average molecular weight is 613 g/mol. The number of nitrogens with one attached hydrogen (secondary N) is 1. The molecule has 3 heterocycles. The summed E-state index contributed by atoms with van der Waals surface area (Å²) in [6.45, 7) is 2.28. The van der Waals surface area contributed by atoms with E-state index in [-0.39, 0.29) is 55.9 Å². The van der Waals surface area contributed by atoms with Gasteiger partial charge in [-0.2, -0.15) is 13.2 Å². The molecule has 0 bridgehead atoms. The van der Waals surface area contributed by atoms with Crippen molar-refractivity contribution >= 4 is 39.3 Å². The van der Waals surface area contributed by atoms with Crippen molar-refractivity contribution in [2.24, 2.45) is 4.99 Å². The van der Waals surface area contributed by atoms with Gasteiger partial charge in [0, 0.05) is 32.4 Å². The summed E-state index contributed by atoms with van der Waals surface area (Å²) in [6, 6.07) is 3.10. The Morgan fingerprint density at radius 2 is 1.55 bits per heavy atom. The molecule has 1 aromatic rings. The van der Waals surface area contributed by atoms with E-state index in [1.807, 2.05) is 0 Å². The molecule has 13 heteroatoms. The van der Waals surface area contributed by atoms with Crippen LogP contribution in [0.1, 0.15) is 95.1 Å². The number of carbonyl (C=O) groups is 3. The number of amides is 3. The van der Waals surface area contributed by atoms with Gasteiger partial charge in [0.25, 0.3) is 5.91 Å². The highest BCUT2D eigenvalue weighted by Crippen LogP contribution is 2.37. The van der Waals surface area contributed by atoms with Crippen LogP contribution in [0.15, 0.2) is 23.2 Å². The molecule has 0 aromatic heterocycles. The first-order valence-corrected chi connectivity index (χ1v) is 16.4. The zero-order valence-corrected chi connectivity index (χ0v) is 24.8. The molecular formula is C29H39F3N4O5S. The first-order valence-electron chi connectivity index (χ1n) is 14.8. The Morgan fingerprint density at radius 1 is 0.929 bits per heavy atom. The van der Waals surface area contributed by atoms with Gasteiger partial charge >= 0.3 is 6.18 Å². The lowest BCUT2D eigenvalue weighted by atomic mass is 9.89. The van der Waals surface area contributed by atoms with Crippen molar-refractivity contribution in [2.75, 3.05) is 23.7 Å². The van der Waals surface area contributed by atoms with Gasteiger partial charge in [0.2, 0.25) is 21.8 Å². The van der Waals surface area contributed by atoms with Crippen LogP contribution in [0.3, 0.4) is 0 Å². The molecule has 0 radical (unpaired) electrons. The van der Waals surface area contributed by atoms with E-state index in [2.05, 4.69) is 17.2 Å². The van der Waals surface area contributed by atoms with Crippen LogP contribution in [0.25, 0.3) is 0 Å². The number of hydrogen-bond donors (Lipinski definition) is 1. The Balaban J connectivity index is 1.34. The fraction of sp³-hybridized carbons (Fsp3) is 0.655. The van der Waals surface area contributed by atoms with Crippen molar-refractivity contribution in [3.63, 3.8) is 0 Å². The fourth-order valence-electron chi connectivity index (χ4n) is 5.84. The number of piperidine rings is 1. The molecule has 1 aromatic carbocycles. The van der Waals surface area contributed by atoms with Crippen molar-refractivity contribution in [2.45, 2.75) is 102 Å². The van der Waals surface area contributed by atoms with Gasteiger partial charge in [0.15, 0.2) is 0 Å². The number of unbranched alkanes of at least 4 members (excludes halogenated alkanes) is 6. The van der Waals surface area contributed by atoms with Crippen molar-refractivity contribution in [1.82, 2.24) is 9.62 Å². The second kappa shape index (κ2) is 13.2. The third-order valence-corrected chi connectivity index (χ3v) is 10.2. The van der Waals surface area contributed by atoms with Crippen LogP contribution in [0.2, 0.25) is 0 Å². The minimum absolute atomic E-state index is 0.0498. The second-order valence-corrected chi connectivity index (χ2v) is 13.4. The molecule has 0 saturated carbocycles. The average Bonchev–Trinajstić information content (AvgIpc) is 3.43. The van der Waals surface area contributed by atoms with Gasteiger partial charge in [-0.25, -0.2) is 12.7 Å². The Bertz CT molecular complexity index is 1300. The zero-order valence-electron chi connectivity index (χ0n) is 24.0. The number of anilines is 1. The van der Waals surface area contributed by atoms with Gasteiger partial charge in [0.1, 0.15) is 11.4 Å². The van der Waals surface area contributed by atoms with E-state index in [1.54, 1.807) is 0 Å². The molecular weight excluding hydrogens is 573 g/mol. The number of hydrogen-bond acceptors (Lipinski definition) is 6. The molecule has 0 atom stereocenters. The van der Waals surface area contributed by atoms with E-state index in [9.17, 15) is 36.0 Å². The topological polar surface area (TPSA) is 116 Å². The van der Waals surface area contributed by atoms with Crippen LogP contribution in [-0.2, 0) is 37.0 Å². The smallest absolute Gasteiger partial charge is 0.312 e. The van der Waals surface area contributed by atoms with E-state index < -0.39 is 51.3 Å². The summed E-state index contributed by atoms with van der Waals surface area (Å²) in [7, 11) is -3.92. The first-order chi connectivity index (χ1) is 19.9. The summed E-state index contributed by atoms with van der Waals surface area (Å²) >= 11 is 0. The molecule has 42 heavy (non-hydrogen) atoms. The van der Waals surface area contributed by atoms with Gasteiger partial charge < -0.3 is 5.32 Å². The lowest BCUT2D eigenvalue weighted by molar-refractivity contribution is -0.138. The summed E-state index contributed by atoms with van der Waals surface area (Å²) in [5.74, 6) is -1.27. The molecule has 2 fully saturated rings. The molecule has 232 valence electrons. The van der Waals surface area contributed by atoms with Gasteiger partial charge in [-0.1, -0.05) is 51.5 Å². The summed E-state index contributed by atoms with van der Waals surface area (Å²) < 4.78 is 69.1. The standard InChI is InChI=1S/C29H39F3N4O5S/c1-2-3-4-5-6-7-8-9-24-33-27(39)28(34-24)15-17-35(18-16-28)42(40,41)19-14-21-10-11-22(20-23(21)29(30,31)32)36-25(37)12-13-26(36)38/h10-11,20H,2-9,12-19H2,1H3,(H,33,34,39). The Morgan fingerprint density at radius 3 is 2.17 bits per heavy atom. The molecule has 1 spiro atoms. The van der Waals surface area contributed by atoms with Crippen molar-refractivity contribution in [3.8, 4) is 0 Å². The number of halogens is 3. The number of benzene rings is 1. The molecule has 0 aliphatic carbocycles. The van der Waals surface area contributed by atoms with E-state index in [0.29, 0.717) is 12.3 Å². The Labute approximate surface area is 245 Å². The van der Waals surface area contributed by atoms with Crippen molar-refractivity contribution < 1.29 is 36.0 Å². The largest absolute Gasteiger partial charge is 0.416 e. The number of aliphatic imine (C=N–C) groups is 1. The summed E-state index contributed by atoms with van der Waals surface area (Å²) in [5, 5.41) is 2.87. The number of amidine groups is 1. The van der Waals surface area contributed by atoms with Crippen LogP contribution < -0.4 is 10.2 Å². The van der Waals surface area contributed by atoms with E-state index in [1.165, 1.54) is 36.1 Å². The predicted octanol–water partition coefficient (Wildman–Crippen LogP) is 4.73. The van der Waals surface area contributed by atoms with Crippen molar-refractivity contribution in [1.29, 1.82) is 0 Å². The maximum atomic E-state index is 13.9. The molecule has 3 amide bonds. The number of nitrogens with zero attached hydrogens (tertiary/aromatic N) is 3.